The number of anilines is 2. The molecule has 0 radical (unpaired) electrons. The second-order valence-electron chi connectivity index (χ2n) is 5.92. The molecule has 1 saturated heterocycles. The van der Waals surface area contributed by atoms with Crippen molar-refractivity contribution in [2.75, 3.05) is 23.4 Å². The Morgan fingerprint density at radius 3 is 2.85 bits per heavy atom. The molecule has 0 saturated carbocycles. The molecule has 1 amide bonds. The van der Waals surface area contributed by atoms with Gasteiger partial charge in [-0.3, -0.25) is 4.79 Å². The van der Waals surface area contributed by atoms with Crippen LogP contribution in [0.5, 0.6) is 5.75 Å². The summed E-state index contributed by atoms with van der Waals surface area (Å²) in [7, 11) is -3.06. The lowest BCUT2D eigenvalue weighted by Crippen LogP contribution is -2.36. The summed E-state index contributed by atoms with van der Waals surface area (Å²) in [5.41, 5.74) is 0.891. The van der Waals surface area contributed by atoms with Gasteiger partial charge in [-0.2, -0.15) is 0 Å². The number of aromatic nitrogens is 2. The van der Waals surface area contributed by atoms with Crippen LogP contribution < -0.4 is 15.4 Å². The minimum atomic E-state index is -3.06. The summed E-state index contributed by atoms with van der Waals surface area (Å²) >= 11 is 0. The summed E-state index contributed by atoms with van der Waals surface area (Å²) in [4.78, 5) is 20.4. The molecule has 0 spiro atoms. The van der Waals surface area contributed by atoms with Crippen molar-refractivity contribution in [3.8, 4) is 5.75 Å². The van der Waals surface area contributed by atoms with Gasteiger partial charge in [-0.15, -0.1) is 0 Å². The molecule has 8 nitrogen and oxygen atoms in total. The zero-order valence-electron chi connectivity index (χ0n) is 14.3. The summed E-state index contributed by atoms with van der Waals surface area (Å²) in [5.74, 6) is 0.766. The molecule has 1 fully saturated rings. The van der Waals surface area contributed by atoms with E-state index in [0.29, 0.717) is 24.6 Å². The fourth-order valence-corrected chi connectivity index (χ4v) is 4.38. The highest BCUT2D eigenvalue weighted by Crippen LogP contribution is 2.26. The molecule has 138 valence electrons. The molecule has 1 aliphatic heterocycles. The maximum atomic E-state index is 12.3. The largest absolute Gasteiger partial charge is 0.492 e. The van der Waals surface area contributed by atoms with Crippen molar-refractivity contribution in [1.29, 1.82) is 0 Å². The predicted molar refractivity (Wildman–Crippen MR) is 97.5 cm³/mol. The highest BCUT2D eigenvalue weighted by atomic mass is 32.2. The average molecular weight is 376 g/mol. The van der Waals surface area contributed by atoms with Gasteiger partial charge >= 0.3 is 0 Å². The summed E-state index contributed by atoms with van der Waals surface area (Å²) in [6, 6.07) is 8.54. The number of carbonyl (C=O) groups is 1. The molecule has 9 heteroatoms. The highest BCUT2D eigenvalue weighted by Gasteiger charge is 2.29. The molecule has 1 unspecified atom stereocenters. The van der Waals surface area contributed by atoms with Gasteiger partial charge in [0.05, 0.1) is 23.8 Å². The first kappa shape index (κ1) is 18.1. The Bertz CT molecular complexity index is 901. The van der Waals surface area contributed by atoms with Crippen molar-refractivity contribution in [3.05, 3.63) is 42.4 Å². The average Bonchev–Trinajstić information content (AvgIpc) is 2.95. The van der Waals surface area contributed by atoms with E-state index in [9.17, 15) is 13.2 Å². The van der Waals surface area contributed by atoms with Crippen molar-refractivity contribution in [3.63, 3.8) is 0 Å². The number of hydrogen-bond donors (Lipinski definition) is 2. The van der Waals surface area contributed by atoms with Crippen LogP contribution in [0, 0.1) is 0 Å². The van der Waals surface area contributed by atoms with Gasteiger partial charge in [0.1, 0.15) is 23.6 Å². The topological polar surface area (TPSA) is 110 Å². The number of amides is 1. The lowest BCUT2D eigenvalue weighted by Gasteiger charge is -2.13. The molecule has 2 heterocycles. The van der Waals surface area contributed by atoms with Gasteiger partial charge in [-0.25, -0.2) is 18.4 Å². The van der Waals surface area contributed by atoms with Gasteiger partial charge in [0.2, 0.25) is 0 Å². The molecule has 1 atom stereocenters. The summed E-state index contributed by atoms with van der Waals surface area (Å²) in [6.07, 6.45) is 1.71. The lowest BCUT2D eigenvalue weighted by molar-refractivity contribution is 0.0936. The monoisotopic (exact) mass is 376 g/mol. The fourth-order valence-electron chi connectivity index (χ4n) is 2.71. The van der Waals surface area contributed by atoms with E-state index in [2.05, 4.69) is 20.6 Å². The van der Waals surface area contributed by atoms with Gasteiger partial charge in [-0.1, -0.05) is 12.1 Å². The van der Waals surface area contributed by atoms with E-state index < -0.39 is 15.7 Å². The zero-order valence-corrected chi connectivity index (χ0v) is 15.1. The van der Waals surface area contributed by atoms with Gasteiger partial charge in [0.15, 0.2) is 9.84 Å². The molecule has 0 aliphatic carbocycles. The van der Waals surface area contributed by atoms with Crippen LogP contribution in [-0.2, 0) is 9.84 Å². The summed E-state index contributed by atoms with van der Waals surface area (Å²) in [6.45, 7) is 2.42. The van der Waals surface area contributed by atoms with Gasteiger partial charge in [-0.05, 0) is 25.5 Å². The summed E-state index contributed by atoms with van der Waals surface area (Å²) in [5, 5.41) is 5.82. The van der Waals surface area contributed by atoms with Gasteiger partial charge < -0.3 is 15.4 Å². The number of carbonyl (C=O) groups excluding carboxylic acids is 1. The Morgan fingerprint density at radius 2 is 2.12 bits per heavy atom. The van der Waals surface area contributed by atoms with E-state index in [4.69, 9.17) is 4.74 Å². The number of nitrogens with one attached hydrogen (secondary N) is 2. The smallest absolute Gasteiger partial charge is 0.270 e. The lowest BCUT2D eigenvalue weighted by atomic mass is 10.2. The quantitative estimate of drug-likeness (QED) is 0.787. The van der Waals surface area contributed by atoms with Crippen LogP contribution in [0.4, 0.5) is 11.5 Å². The third-order valence-corrected chi connectivity index (χ3v) is 5.68. The normalized spacial score (nSPS) is 18.3. The van der Waals surface area contributed by atoms with Crippen LogP contribution in [0.25, 0.3) is 0 Å². The molecule has 2 aromatic rings. The maximum Gasteiger partial charge on any atom is 0.270 e. The van der Waals surface area contributed by atoms with Crippen molar-refractivity contribution in [1.82, 2.24) is 15.3 Å². The first-order chi connectivity index (χ1) is 12.5. The number of para-hydroxylation sites is 2. The van der Waals surface area contributed by atoms with Crippen molar-refractivity contribution < 1.29 is 17.9 Å². The minimum absolute atomic E-state index is 0.0311. The number of ether oxygens (including phenoxy) is 1. The van der Waals surface area contributed by atoms with Crippen LogP contribution in [0.1, 0.15) is 23.8 Å². The molecule has 1 aromatic heterocycles. The van der Waals surface area contributed by atoms with Crippen molar-refractivity contribution in [2.24, 2.45) is 0 Å². The second-order valence-corrected chi connectivity index (χ2v) is 8.14. The molecule has 1 aromatic carbocycles. The Morgan fingerprint density at radius 1 is 1.31 bits per heavy atom. The Kier molecular flexibility index (Phi) is 5.36. The molecule has 1 aliphatic rings. The van der Waals surface area contributed by atoms with E-state index in [1.165, 1.54) is 12.4 Å². The van der Waals surface area contributed by atoms with Crippen LogP contribution in [-0.4, -0.2) is 48.4 Å². The number of rotatable bonds is 6. The number of nitrogens with zero attached hydrogens (tertiary/aromatic N) is 2. The van der Waals surface area contributed by atoms with E-state index in [0.717, 1.165) is 5.69 Å². The summed E-state index contributed by atoms with van der Waals surface area (Å²) < 4.78 is 28.6. The highest BCUT2D eigenvalue weighted by molar-refractivity contribution is 7.91. The molecular formula is C17H20N4O4S. The molecule has 2 N–H and O–H groups in total. The van der Waals surface area contributed by atoms with Gasteiger partial charge in [0.25, 0.3) is 5.91 Å². The van der Waals surface area contributed by atoms with Crippen LogP contribution in [0.3, 0.4) is 0 Å². The third-order valence-electron chi connectivity index (χ3n) is 3.92. The minimum Gasteiger partial charge on any atom is -0.492 e. The second kappa shape index (κ2) is 7.69. The zero-order chi connectivity index (χ0) is 18.6. The molecule has 0 bridgehead atoms. The molecule has 26 heavy (non-hydrogen) atoms. The number of sulfone groups is 1. The molecular weight excluding hydrogens is 356 g/mol. The predicted octanol–water partition coefficient (Wildman–Crippen LogP) is 1.54. The standard InChI is InChI=1S/C17H20N4O4S/c1-2-25-15-6-4-3-5-13(15)21-16-9-14(18-11-19-16)17(22)20-12-7-8-26(23,24)10-12/h3-6,9,11-12H,2,7-8,10H2,1H3,(H,20,22)(H,18,19,21). The number of benzene rings is 1. The first-order valence-electron chi connectivity index (χ1n) is 8.29. The van der Waals surface area contributed by atoms with Crippen LogP contribution >= 0.6 is 0 Å². The van der Waals surface area contributed by atoms with E-state index in [1.54, 1.807) is 0 Å². The SMILES string of the molecule is CCOc1ccccc1Nc1cc(C(=O)NC2CCS(=O)(=O)C2)ncn1. The van der Waals surface area contributed by atoms with E-state index in [-0.39, 0.29) is 23.2 Å². The number of hydrogen-bond acceptors (Lipinski definition) is 7. The van der Waals surface area contributed by atoms with E-state index in [1.807, 2.05) is 31.2 Å². The van der Waals surface area contributed by atoms with Crippen molar-refractivity contribution in [2.45, 2.75) is 19.4 Å². The fraction of sp³-hybridized carbons (Fsp3) is 0.353. The maximum absolute atomic E-state index is 12.3. The van der Waals surface area contributed by atoms with Crippen LogP contribution in [0.2, 0.25) is 0 Å². The third kappa shape index (κ3) is 4.48. The van der Waals surface area contributed by atoms with E-state index >= 15 is 0 Å². The van der Waals surface area contributed by atoms with Crippen molar-refractivity contribution >= 4 is 27.2 Å². The van der Waals surface area contributed by atoms with Gasteiger partial charge in [0, 0.05) is 12.1 Å². The van der Waals surface area contributed by atoms with Crippen LogP contribution in [0.15, 0.2) is 36.7 Å². The Balaban J connectivity index is 1.71. The Hall–Kier alpha value is -2.68. The molecule has 3 rings (SSSR count). The first-order valence-corrected chi connectivity index (χ1v) is 10.1. The Labute approximate surface area is 151 Å².